The highest BCUT2D eigenvalue weighted by atomic mass is 19.2. The van der Waals surface area contributed by atoms with Gasteiger partial charge in [-0.1, -0.05) is 19.1 Å². The standard InChI is InChI=1S/C12H17F2NO/c1-3-9(16)7-15-8(2)10-5-4-6-11(13)12(10)14/h4-6,8-9,15-16H,3,7H2,1-2H3. The average Bonchev–Trinajstić information content (AvgIpc) is 2.29. The Labute approximate surface area is 94.3 Å². The van der Waals surface area contributed by atoms with Crippen molar-refractivity contribution in [3.63, 3.8) is 0 Å². The maximum atomic E-state index is 13.4. The van der Waals surface area contributed by atoms with Gasteiger partial charge in [0, 0.05) is 18.2 Å². The number of aliphatic hydroxyl groups is 1. The molecule has 1 aromatic carbocycles. The summed E-state index contributed by atoms with van der Waals surface area (Å²) in [5.41, 5.74) is 0.281. The van der Waals surface area contributed by atoms with Gasteiger partial charge in [-0.25, -0.2) is 8.78 Å². The molecule has 1 aromatic rings. The van der Waals surface area contributed by atoms with E-state index in [-0.39, 0.29) is 11.6 Å². The molecule has 0 heterocycles. The number of hydrogen-bond acceptors (Lipinski definition) is 2. The van der Waals surface area contributed by atoms with Crippen molar-refractivity contribution in [2.75, 3.05) is 6.54 Å². The molecular weight excluding hydrogens is 212 g/mol. The molecule has 0 aliphatic carbocycles. The highest BCUT2D eigenvalue weighted by Crippen LogP contribution is 2.18. The summed E-state index contributed by atoms with van der Waals surface area (Å²) in [5, 5.41) is 12.3. The Bertz CT molecular complexity index is 344. The maximum Gasteiger partial charge on any atom is 0.163 e. The highest BCUT2D eigenvalue weighted by molar-refractivity contribution is 5.21. The van der Waals surface area contributed by atoms with Crippen LogP contribution in [0.5, 0.6) is 0 Å². The normalized spacial score (nSPS) is 14.8. The summed E-state index contributed by atoms with van der Waals surface area (Å²) in [5.74, 6) is -1.67. The maximum absolute atomic E-state index is 13.4. The van der Waals surface area contributed by atoms with Gasteiger partial charge in [0.05, 0.1) is 6.10 Å². The summed E-state index contributed by atoms with van der Waals surface area (Å²) in [7, 11) is 0. The van der Waals surface area contributed by atoms with Gasteiger partial charge in [0.1, 0.15) is 0 Å². The minimum atomic E-state index is -0.845. The van der Waals surface area contributed by atoms with Gasteiger partial charge < -0.3 is 10.4 Å². The third-order valence-corrected chi connectivity index (χ3v) is 2.58. The fourth-order valence-corrected chi connectivity index (χ4v) is 1.42. The lowest BCUT2D eigenvalue weighted by Crippen LogP contribution is -2.29. The van der Waals surface area contributed by atoms with E-state index in [0.717, 1.165) is 6.07 Å². The van der Waals surface area contributed by atoms with E-state index in [2.05, 4.69) is 5.32 Å². The number of nitrogens with one attached hydrogen (secondary N) is 1. The number of hydrogen-bond donors (Lipinski definition) is 2. The van der Waals surface area contributed by atoms with Crippen LogP contribution in [0.4, 0.5) is 8.78 Å². The second kappa shape index (κ2) is 5.92. The molecule has 0 saturated heterocycles. The van der Waals surface area contributed by atoms with Crippen LogP contribution in [0, 0.1) is 11.6 Å². The summed E-state index contributed by atoms with van der Waals surface area (Å²) in [6.45, 7) is 3.97. The Kier molecular flexibility index (Phi) is 4.83. The lowest BCUT2D eigenvalue weighted by molar-refractivity contribution is 0.163. The van der Waals surface area contributed by atoms with Gasteiger partial charge >= 0.3 is 0 Å². The average molecular weight is 229 g/mol. The number of aliphatic hydroxyl groups excluding tert-OH is 1. The molecule has 0 aromatic heterocycles. The van der Waals surface area contributed by atoms with Crippen LogP contribution in [0.15, 0.2) is 18.2 Å². The molecule has 0 spiro atoms. The van der Waals surface area contributed by atoms with Crippen molar-refractivity contribution >= 4 is 0 Å². The van der Waals surface area contributed by atoms with E-state index in [1.165, 1.54) is 12.1 Å². The van der Waals surface area contributed by atoms with E-state index in [1.54, 1.807) is 6.92 Å². The Balaban J connectivity index is 2.66. The van der Waals surface area contributed by atoms with E-state index < -0.39 is 17.7 Å². The van der Waals surface area contributed by atoms with Crippen LogP contribution in [-0.2, 0) is 0 Å². The van der Waals surface area contributed by atoms with Gasteiger partial charge in [0.2, 0.25) is 0 Å². The molecule has 90 valence electrons. The third kappa shape index (κ3) is 3.25. The quantitative estimate of drug-likeness (QED) is 0.812. The van der Waals surface area contributed by atoms with Gasteiger partial charge in [0.25, 0.3) is 0 Å². The van der Waals surface area contributed by atoms with E-state index >= 15 is 0 Å². The van der Waals surface area contributed by atoms with E-state index in [9.17, 15) is 13.9 Å². The molecule has 2 unspecified atom stereocenters. The van der Waals surface area contributed by atoms with Crippen LogP contribution < -0.4 is 5.32 Å². The van der Waals surface area contributed by atoms with Crippen molar-refractivity contribution in [1.29, 1.82) is 0 Å². The van der Waals surface area contributed by atoms with Crippen LogP contribution in [0.25, 0.3) is 0 Å². The Morgan fingerprint density at radius 2 is 2.06 bits per heavy atom. The first-order valence-corrected chi connectivity index (χ1v) is 5.41. The monoisotopic (exact) mass is 229 g/mol. The molecule has 0 radical (unpaired) electrons. The molecule has 0 saturated carbocycles. The molecule has 0 bridgehead atoms. The first-order valence-electron chi connectivity index (χ1n) is 5.41. The second-order valence-electron chi connectivity index (χ2n) is 3.84. The van der Waals surface area contributed by atoms with Gasteiger partial charge in [-0.05, 0) is 19.4 Å². The summed E-state index contributed by atoms with van der Waals surface area (Å²) in [6.07, 6.45) is 0.171. The lowest BCUT2D eigenvalue weighted by Gasteiger charge is -2.17. The van der Waals surface area contributed by atoms with Crippen molar-refractivity contribution in [2.24, 2.45) is 0 Å². The minimum Gasteiger partial charge on any atom is -0.392 e. The first kappa shape index (κ1) is 13.1. The van der Waals surface area contributed by atoms with Crippen molar-refractivity contribution in [3.05, 3.63) is 35.4 Å². The van der Waals surface area contributed by atoms with Crippen LogP contribution in [-0.4, -0.2) is 17.8 Å². The molecule has 0 aliphatic rings. The van der Waals surface area contributed by atoms with Crippen molar-refractivity contribution in [3.8, 4) is 0 Å². The molecule has 2 atom stereocenters. The molecule has 2 nitrogen and oxygen atoms in total. The molecule has 4 heteroatoms. The molecule has 2 N–H and O–H groups in total. The van der Waals surface area contributed by atoms with Gasteiger partial charge in [-0.2, -0.15) is 0 Å². The predicted octanol–water partition coefficient (Wildman–Crippen LogP) is 2.39. The third-order valence-electron chi connectivity index (χ3n) is 2.58. The first-order chi connectivity index (χ1) is 7.56. The highest BCUT2D eigenvalue weighted by Gasteiger charge is 2.14. The van der Waals surface area contributed by atoms with Gasteiger partial charge in [-0.15, -0.1) is 0 Å². The SMILES string of the molecule is CCC(O)CNC(C)c1cccc(F)c1F. The van der Waals surface area contributed by atoms with Gasteiger partial charge in [0.15, 0.2) is 11.6 Å². The molecule has 0 amide bonds. The zero-order valence-electron chi connectivity index (χ0n) is 9.50. The molecule has 1 rings (SSSR count). The molecule has 0 fully saturated rings. The summed E-state index contributed by atoms with van der Waals surface area (Å²) < 4.78 is 26.3. The minimum absolute atomic E-state index is 0.281. The lowest BCUT2D eigenvalue weighted by atomic mass is 10.1. The number of benzene rings is 1. The number of halogens is 2. The summed E-state index contributed by atoms with van der Waals surface area (Å²) in [6, 6.07) is 3.78. The van der Waals surface area contributed by atoms with Crippen LogP contribution >= 0.6 is 0 Å². The largest absolute Gasteiger partial charge is 0.392 e. The zero-order valence-corrected chi connectivity index (χ0v) is 9.50. The van der Waals surface area contributed by atoms with Crippen LogP contribution in [0.3, 0.4) is 0 Å². The second-order valence-corrected chi connectivity index (χ2v) is 3.84. The Morgan fingerprint density at radius 1 is 1.38 bits per heavy atom. The van der Waals surface area contributed by atoms with Gasteiger partial charge in [-0.3, -0.25) is 0 Å². The smallest absolute Gasteiger partial charge is 0.163 e. The zero-order chi connectivity index (χ0) is 12.1. The predicted molar refractivity (Wildman–Crippen MR) is 59.1 cm³/mol. The van der Waals surface area contributed by atoms with Crippen LogP contribution in [0.2, 0.25) is 0 Å². The summed E-state index contributed by atoms with van der Waals surface area (Å²) >= 11 is 0. The Morgan fingerprint density at radius 3 is 2.69 bits per heavy atom. The van der Waals surface area contributed by atoms with Crippen LogP contribution in [0.1, 0.15) is 31.9 Å². The summed E-state index contributed by atoms with van der Waals surface area (Å²) in [4.78, 5) is 0. The van der Waals surface area contributed by atoms with E-state index in [1.807, 2.05) is 6.92 Å². The van der Waals surface area contributed by atoms with E-state index in [4.69, 9.17) is 0 Å². The van der Waals surface area contributed by atoms with Crippen molar-refractivity contribution in [1.82, 2.24) is 5.32 Å². The van der Waals surface area contributed by atoms with E-state index in [0.29, 0.717) is 13.0 Å². The molecule has 16 heavy (non-hydrogen) atoms. The number of rotatable bonds is 5. The molecule has 0 aliphatic heterocycles. The fourth-order valence-electron chi connectivity index (χ4n) is 1.42. The molecular formula is C12H17F2NO. The topological polar surface area (TPSA) is 32.3 Å². The Hall–Kier alpha value is -1.00. The van der Waals surface area contributed by atoms with Crippen molar-refractivity contribution < 1.29 is 13.9 Å². The fraction of sp³-hybridized carbons (Fsp3) is 0.500. The van der Waals surface area contributed by atoms with Crippen molar-refractivity contribution in [2.45, 2.75) is 32.4 Å².